The number of fused-ring (bicyclic) bond motifs is 1. The first-order chi connectivity index (χ1) is 7.47. The third kappa shape index (κ3) is 1.62. The topological polar surface area (TPSA) is 27.7 Å². The predicted molar refractivity (Wildman–Crippen MR) is 65.3 cm³/mol. The van der Waals surface area contributed by atoms with E-state index in [2.05, 4.69) is 21.7 Å². The molecule has 1 aliphatic heterocycles. The summed E-state index contributed by atoms with van der Waals surface area (Å²) < 4.78 is 17.2. The Balaban J connectivity index is 2.17. The van der Waals surface area contributed by atoms with Gasteiger partial charge in [-0.25, -0.2) is 0 Å². The van der Waals surface area contributed by atoms with E-state index in [1.54, 1.807) is 14.2 Å². The maximum atomic E-state index is 6.22. The first-order valence-corrected chi connectivity index (χ1v) is 6.19. The van der Waals surface area contributed by atoms with Crippen LogP contribution in [0.2, 0.25) is 0 Å². The average Bonchev–Trinajstić information content (AvgIpc) is 2.23. The third-order valence-corrected chi connectivity index (χ3v) is 4.71. The Bertz CT molecular complexity index is 269. The number of hydrogen-bond donors (Lipinski definition) is 0. The van der Waals surface area contributed by atoms with Crippen molar-refractivity contribution in [3.05, 3.63) is 0 Å². The summed E-state index contributed by atoms with van der Waals surface area (Å²) in [5, 5.41) is 0. The molecule has 16 heavy (non-hydrogen) atoms. The fourth-order valence-electron chi connectivity index (χ4n) is 3.55. The lowest BCUT2D eigenvalue weighted by molar-refractivity contribution is -0.311. The van der Waals surface area contributed by atoms with Crippen molar-refractivity contribution < 1.29 is 14.2 Å². The van der Waals surface area contributed by atoms with Crippen molar-refractivity contribution in [2.45, 2.75) is 43.9 Å². The summed E-state index contributed by atoms with van der Waals surface area (Å²) in [6.45, 7) is 5.14. The maximum absolute atomic E-state index is 6.22. The molecule has 1 saturated carbocycles. The summed E-state index contributed by atoms with van der Waals surface area (Å²) in [6.07, 6.45) is 2.13. The number of rotatable bonds is 3. The van der Waals surface area contributed by atoms with Gasteiger partial charge in [0, 0.05) is 32.6 Å². The zero-order chi connectivity index (χ0) is 12.0. The van der Waals surface area contributed by atoms with Gasteiger partial charge in [-0.05, 0) is 19.3 Å². The van der Waals surface area contributed by atoms with Crippen LogP contribution in [0.1, 0.15) is 26.7 Å². The van der Waals surface area contributed by atoms with E-state index in [4.69, 9.17) is 14.2 Å². The van der Waals surface area contributed by atoms with Gasteiger partial charge in [0.15, 0.2) is 0 Å². The minimum absolute atomic E-state index is 0.0209. The molecule has 0 aromatic carbocycles. The van der Waals surface area contributed by atoms with Gasteiger partial charge < -0.3 is 14.2 Å². The molecule has 0 aromatic heterocycles. The second-order valence-electron chi connectivity index (χ2n) is 5.78. The Morgan fingerprint density at radius 1 is 1.44 bits per heavy atom. The van der Waals surface area contributed by atoms with Crippen LogP contribution >= 0.6 is 0 Å². The first-order valence-electron chi connectivity index (χ1n) is 6.19. The van der Waals surface area contributed by atoms with Gasteiger partial charge in [-0.15, -0.1) is 0 Å². The minimum atomic E-state index is -0.0918. The van der Waals surface area contributed by atoms with E-state index in [-0.39, 0.29) is 11.2 Å². The van der Waals surface area contributed by atoms with Gasteiger partial charge in [0.2, 0.25) is 0 Å². The van der Waals surface area contributed by atoms with Gasteiger partial charge >= 0.3 is 0 Å². The molecule has 2 rings (SSSR count). The van der Waals surface area contributed by atoms with Crippen molar-refractivity contribution in [3.63, 3.8) is 0 Å². The SMILES string of the molecule is B[C@@H]1O[C@@]2(COC)CC(C)(OC)C2CC1C. The van der Waals surface area contributed by atoms with Crippen LogP contribution in [0.15, 0.2) is 0 Å². The zero-order valence-corrected chi connectivity index (χ0v) is 11.1. The third-order valence-electron chi connectivity index (χ3n) is 4.71. The van der Waals surface area contributed by atoms with Crippen molar-refractivity contribution in [3.8, 4) is 0 Å². The van der Waals surface area contributed by atoms with E-state index in [1.165, 1.54) is 6.42 Å². The number of methoxy groups -OCH3 is 2. The Hall–Kier alpha value is -0.0551. The molecule has 2 fully saturated rings. The van der Waals surface area contributed by atoms with Crippen molar-refractivity contribution >= 4 is 7.85 Å². The van der Waals surface area contributed by atoms with E-state index >= 15 is 0 Å². The van der Waals surface area contributed by atoms with E-state index in [0.29, 0.717) is 24.4 Å². The van der Waals surface area contributed by atoms with Crippen LogP contribution in [0.25, 0.3) is 0 Å². The Labute approximate surface area is 99.2 Å². The largest absolute Gasteiger partial charge is 0.382 e. The second-order valence-corrected chi connectivity index (χ2v) is 5.78. The molecule has 1 heterocycles. The molecule has 3 nitrogen and oxygen atoms in total. The monoisotopic (exact) mass is 226 g/mol. The van der Waals surface area contributed by atoms with Crippen LogP contribution in [0.3, 0.4) is 0 Å². The van der Waals surface area contributed by atoms with E-state index in [9.17, 15) is 0 Å². The van der Waals surface area contributed by atoms with Gasteiger partial charge in [0.1, 0.15) is 7.85 Å². The van der Waals surface area contributed by atoms with E-state index in [1.807, 2.05) is 0 Å². The number of hydrogen-bond acceptors (Lipinski definition) is 3. The fraction of sp³-hybridized carbons (Fsp3) is 1.00. The highest BCUT2D eigenvalue weighted by Crippen LogP contribution is 2.57. The molecule has 2 aliphatic rings. The minimum Gasteiger partial charge on any atom is -0.382 e. The molecular weight excluding hydrogens is 203 g/mol. The molecule has 5 atom stereocenters. The lowest BCUT2D eigenvalue weighted by atomic mass is 9.53. The smallest absolute Gasteiger partial charge is 0.139 e. The summed E-state index contributed by atoms with van der Waals surface area (Å²) in [7, 11) is 5.72. The normalized spacial score (nSPS) is 51.9. The molecule has 0 radical (unpaired) electrons. The highest BCUT2D eigenvalue weighted by molar-refractivity contribution is 6.11. The summed E-state index contributed by atoms with van der Waals surface area (Å²) in [4.78, 5) is 0. The second kappa shape index (κ2) is 4.00. The van der Waals surface area contributed by atoms with E-state index in [0.717, 1.165) is 6.42 Å². The maximum Gasteiger partial charge on any atom is 0.139 e. The summed E-state index contributed by atoms with van der Waals surface area (Å²) in [5.41, 5.74) is -0.113. The van der Waals surface area contributed by atoms with Crippen LogP contribution in [-0.2, 0) is 14.2 Å². The Kier molecular flexibility index (Phi) is 3.10. The fourth-order valence-corrected chi connectivity index (χ4v) is 3.55. The van der Waals surface area contributed by atoms with Crippen molar-refractivity contribution in [1.82, 2.24) is 0 Å². The first kappa shape index (κ1) is 12.4. The molecule has 1 saturated heterocycles. The van der Waals surface area contributed by atoms with Crippen molar-refractivity contribution in [2.24, 2.45) is 11.8 Å². The molecule has 0 N–H and O–H groups in total. The molecule has 0 amide bonds. The standard InChI is InChI=1S/C12H23BO3/c1-8-5-9-11(2,15-4)6-12(9,7-14-3)16-10(8)13/h8-10H,5-7,13H2,1-4H3/t8?,9?,10-,11?,12-/m1/s1. The van der Waals surface area contributed by atoms with Crippen LogP contribution in [0.5, 0.6) is 0 Å². The molecular formula is C12H23BO3. The van der Waals surface area contributed by atoms with Gasteiger partial charge in [-0.1, -0.05) is 6.92 Å². The zero-order valence-electron chi connectivity index (χ0n) is 11.1. The molecule has 0 spiro atoms. The van der Waals surface area contributed by atoms with Crippen LogP contribution in [-0.4, -0.2) is 45.9 Å². The van der Waals surface area contributed by atoms with E-state index < -0.39 is 0 Å². The molecule has 1 aliphatic carbocycles. The number of ether oxygens (including phenoxy) is 3. The summed E-state index contributed by atoms with van der Waals surface area (Å²) >= 11 is 0. The molecule has 3 unspecified atom stereocenters. The molecule has 0 aromatic rings. The summed E-state index contributed by atoms with van der Waals surface area (Å²) in [5.74, 6) is 1.07. The molecule has 92 valence electrons. The predicted octanol–water partition coefficient (Wildman–Crippen LogP) is 0.812. The Morgan fingerprint density at radius 2 is 2.12 bits per heavy atom. The van der Waals surface area contributed by atoms with Gasteiger partial charge in [0.25, 0.3) is 0 Å². The highest BCUT2D eigenvalue weighted by atomic mass is 16.6. The van der Waals surface area contributed by atoms with Gasteiger partial charge in [-0.3, -0.25) is 0 Å². The van der Waals surface area contributed by atoms with Crippen molar-refractivity contribution in [2.75, 3.05) is 20.8 Å². The molecule has 0 bridgehead atoms. The quantitative estimate of drug-likeness (QED) is 0.666. The Morgan fingerprint density at radius 3 is 2.69 bits per heavy atom. The van der Waals surface area contributed by atoms with Crippen LogP contribution in [0, 0.1) is 11.8 Å². The highest BCUT2D eigenvalue weighted by Gasteiger charge is 2.65. The van der Waals surface area contributed by atoms with Crippen molar-refractivity contribution in [1.29, 1.82) is 0 Å². The summed E-state index contributed by atoms with van der Waals surface area (Å²) in [6, 6.07) is 0.327. The van der Waals surface area contributed by atoms with Gasteiger partial charge in [0.05, 0.1) is 17.8 Å². The average molecular weight is 226 g/mol. The lowest BCUT2D eigenvalue weighted by Crippen LogP contribution is -2.72. The molecule has 4 heteroatoms. The van der Waals surface area contributed by atoms with Gasteiger partial charge in [-0.2, -0.15) is 0 Å². The lowest BCUT2D eigenvalue weighted by Gasteiger charge is -2.64. The van der Waals surface area contributed by atoms with Crippen LogP contribution < -0.4 is 0 Å². The van der Waals surface area contributed by atoms with Crippen LogP contribution in [0.4, 0.5) is 0 Å².